The lowest BCUT2D eigenvalue weighted by atomic mass is 9.89. The third-order valence-corrected chi connectivity index (χ3v) is 5.16. The summed E-state index contributed by atoms with van der Waals surface area (Å²) in [5.41, 5.74) is 10.2. The summed E-state index contributed by atoms with van der Waals surface area (Å²) < 4.78 is 5.37. The van der Waals surface area contributed by atoms with Gasteiger partial charge in [-0.15, -0.1) is 0 Å². The molecule has 0 spiro atoms. The number of methoxy groups -OCH3 is 1. The Balaban J connectivity index is 2.09. The summed E-state index contributed by atoms with van der Waals surface area (Å²) in [6.45, 7) is 4.22. The van der Waals surface area contributed by atoms with Crippen LogP contribution < -0.4 is 10.5 Å². The van der Waals surface area contributed by atoms with Crippen LogP contribution in [0.4, 0.5) is 0 Å². The van der Waals surface area contributed by atoms with E-state index in [1.54, 1.807) is 7.11 Å². The van der Waals surface area contributed by atoms with Crippen LogP contribution in [0.15, 0.2) is 12.1 Å². The highest BCUT2D eigenvalue weighted by Gasteiger charge is 2.19. The first-order chi connectivity index (χ1) is 9.11. The van der Waals surface area contributed by atoms with E-state index < -0.39 is 0 Å². The molecule has 0 aromatic heterocycles. The highest BCUT2D eigenvalue weighted by Crippen LogP contribution is 2.32. The van der Waals surface area contributed by atoms with Crippen molar-refractivity contribution < 1.29 is 4.74 Å². The Kier molecular flexibility index (Phi) is 5.17. The van der Waals surface area contributed by atoms with Crippen molar-refractivity contribution in [3.63, 3.8) is 0 Å². The third-order valence-electron chi connectivity index (χ3n) is 4.11. The van der Waals surface area contributed by atoms with Crippen molar-refractivity contribution in [2.24, 2.45) is 11.7 Å². The Morgan fingerprint density at radius 3 is 2.58 bits per heavy atom. The van der Waals surface area contributed by atoms with Gasteiger partial charge in [0.15, 0.2) is 0 Å². The molecule has 1 aliphatic heterocycles. The van der Waals surface area contributed by atoms with Gasteiger partial charge in [-0.2, -0.15) is 11.8 Å². The third kappa shape index (κ3) is 3.67. The number of benzene rings is 1. The first kappa shape index (κ1) is 14.7. The summed E-state index contributed by atoms with van der Waals surface area (Å²) in [5.74, 6) is 4.37. The first-order valence-corrected chi connectivity index (χ1v) is 8.25. The predicted molar refractivity (Wildman–Crippen MR) is 84.1 cm³/mol. The molecule has 1 aromatic rings. The fourth-order valence-corrected chi connectivity index (χ4v) is 4.10. The van der Waals surface area contributed by atoms with Gasteiger partial charge in [0.25, 0.3) is 0 Å². The second kappa shape index (κ2) is 6.67. The van der Waals surface area contributed by atoms with Gasteiger partial charge in [-0.25, -0.2) is 0 Å². The average molecular weight is 279 g/mol. The van der Waals surface area contributed by atoms with Crippen molar-refractivity contribution in [3.05, 3.63) is 28.8 Å². The normalized spacial score (nSPS) is 18.3. The van der Waals surface area contributed by atoms with Crippen LogP contribution in [0.1, 0.15) is 42.0 Å². The number of nitrogens with two attached hydrogens (primary N) is 1. The van der Waals surface area contributed by atoms with Crippen LogP contribution >= 0.6 is 11.8 Å². The molecule has 2 nitrogen and oxygen atoms in total. The molecular weight excluding hydrogens is 254 g/mol. The molecule has 1 aromatic carbocycles. The molecule has 19 heavy (non-hydrogen) atoms. The highest BCUT2D eigenvalue weighted by atomic mass is 32.2. The number of hydrogen-bond acceptors (Lipinski definition) is 3. The zero-order valence-corrected chi connectivity index (χ0v) is 13.1. The van der Waals surface area contributed by atoms with Gasteiger partial charge in [0.2, 0.25) is 0 Å². The molecular formula is C16H25NOS. The molecule has 3 heteroatoms. The number of aryl methyl sites for hydroxylation is 2. The van der Waals surface area contributed by atoms with Crippen LogP contribution in [0, 0.1) is 19.8 Å². The second-order valence-electron chi connectivity index (χ2n) is 5.58. The van der Waals surface area contributed by atoms with E-state index in [1.807, 2.05) is 0 Å². The van der Waals surface area contributed by atoms with Gasteiger partial charge >= 0.3 is 0 Å². The van der Waals surface area contributed by atoms with Crippen LogP contribution in [0.5, 0.6) is 5.75 Å². The molecule has 2 rings (SSSR count). The fourth-order valence-electron chi connectivity index (χ4n) is 2.90. The van der Waals surface area contributed by atoms with E-state index in [0.717, 1.165) is 18.1 Å². The average Bonchev–Trinajstić information content (AvgIpc) is 2.42. The Morgan fingerprint density at radius 2 is 1.95 bits per heavy atom. The zero-order valence-electron chi connectivity index (χ0n) is 12.2. The molecule has 0 saturated carbocycles. The van der Waals surface area contributed by atoms with Crippen LogP contribution in [0.25, 0.3) is 0 Å². The Labute approximate surface area is 121 Å². The molecule has 1 fully saturated rings. The van der Waals surface area contributed by atoms with Gasteiger partial charge in [0.1, 0.15) is 5.75 Å². The fraction of sp³-hybridized carbons (Fsp3) is 0.625. The van der Waals surface area contributed by atoms with E-state index in [-0.39, 0.29) is 6.04 Å². The molecule has 0 amide bonds. The molecule has 0 radical (unpaired) electrons. The van der Waals surface area contributed by atoms with Crippen LogP contribution in [0.2, 0.25) is 0 Å². The number of rotatable bonds is 4. The molecule has 1 heterocycles. The van der Waals surface area contributed by atoms with E-state index in [2.05, 4.69) is 37.7 Å². The van der Waals surface area contributed by atoms with Gasteiger partial charge in [0.05, 0.1) is 7.11 Å². The van der Waals surface area contributed by atoms with Gasteiger partial charge in [-0.05, 0) is 73.3 Å². The van der Waals surface area contributed by atoms with Crippen LogP contribution in [-0.4, -0.2) is 18.6 Å². The van der Waals surface area contributed by atoms with Gasteiger partial charge in [-0.3, -0.25) is 0 Å². The predicted octanol–water partition coefficient (Wildman–Crippen LogP) is 3.85. The molecule has 2 N–H and O–H groups in total. The molecule has 1 aliphatic rings. The topological polar surface area (TPSA) is 35.2 Å². The summed E-state index contributed by atoms with van der Waals surface area (Å²) >= 11 is 2.07. The lowest BCUT2D eigenvalue weighted by molar-refractivity contribution is 0.405. The maximum Gasteiger partial charge on any atom is 0.122 e. The molecule has 0 bridgehead atoms. The molecule has 1 unspecified atom stereocenters. The Morgan fingerprint density at radius 1 is 1.26 bits per heavy atom. The minimum atomic E-state index is 0.165. The SMILES string of the molecule is COc1cc(C)c(C(N)CC2CCSCC2)cc1C. The standard InChI is InChI=1S/C16H25NOS/c1-11-9-16(18-3)12(2)8-14(11)15(17)10-13-4-6-19-7-5-13/h8-9,13,15H,4-7,10,17H2,1-3H3. The van der Waals surface area contributed by atoms with Crippen LogP contribution in [0.3, 0.4) is 0 Å². The zero-order chi connectivity index (χ0) is 13.8. The lowest BCUT2D eigenvalue weighted by Crippen LogP contribution is -2.19. The van der Waals surface area contributed by atoms with E-state index in [9.17, 15) is 0 Å². The smallest absolute Gasteiger partial charge is 0.122 e. The molecule has 1 atom stereocenters. The highest BCUT2D eigenvalue weighted by molar-refractivity contribution is 7.99. The number of ether oxygens (including phenoxy) is 1. The van der Waals surface area contributed by atoms with E-state index in [1.165, 1.54) is 41.0 Å². The summed E-state index contributed by atoms with van der Waals surface area (Å²) in [6.07, 6.45) is 3.77. The second-order valence-corrected chi connectivity index (χ2v) is 6.80. The monoisotopic (exact) mass is 279 g/mol. The maximum atomic E-state index is 6.44. The van der Waals surface area contributed by atoms with E-state index in [0.29, 0.717) is 0 Å². The van der Waals surface area contributed by atoms with E-state index in [4.69, 9.17) is 10.5 Å². The van der Waals surface area contributed by atoms with Crippen LogP contribution in [-0.2, 0) is 0 Å². The summed E-state index contributed by atoms with van der Waals surface area (Å²) in [7, 11) is 1.72. The van der Waals surface area contributed by atoms with Crippen molar-refractivity contribution >= 4 is 11.8 Å². The van der Waals surface area contributed by atoms with Gasteiger partial charge in [0, 0.05) is 6.04 Å². The largest absolute Gasteiger partial charge is 0.496 e. The quantitative estimate of drug-likeness (QED) is 0.909. The molecule has 0 aliphatic carbocycles. The van der Waals surface area contributed by atoms with Crippen molar-refractivity contribution in [3.8, 4) is 5.75 Å². The van der Waals surface area contributed by atoms with Crippen molar-refractivity contribution in [2.75, 3.05) is 18.6 Å². The minimum absolute atomic E-state index is 0.165. The molecule has 106 valence electrons. The van der Waals surface area contributed by atoms with Crippen molar-refractivity contribution in [1.82, 2.24) is 0 Å². The molecule has 1 saturated heterocycles. The Bertz CT molecular complexity index is 427. The summed E-state index contributed by atoms with van der Waals surface area (Å²) in [5, 5.41) is 0. The van der Waals surface area contributed by atoms with Gasteiger partial charge in [-0.1, -0.05) is 6.07 Å². The maximum absolute atomic E-state index is 6.44. The van der Waals surface area contributed by atoms with E-state index >= 15 is 0 Å². The van der Waals surface area contributed by atoms with Crippen molar-refractivity contribution in [2.45, 2.75) is 39.2 Å². The van der Waals surface area contributed by atoms with Gasteiger partial charge < -0.3 is 10.5 Å². The van der Waals surface area contributed by atoms with Crippen molar-refractivity contribution in [1.29, 1.82) is 0 Å². The number of hydrogen-bond donors (Lipinski definition) is 1. The number of thioether (sulfide) groups is 1. The minimum Gasteiger partial charge on any atom is -0.496 e. The summed E-state index contributed by atoms with van der Waals surface area (Å²) in [6, 6.07) is 4.48. The summed E-state index contributed by atoms with van der Waals surface area (Å²) in [4.78, 5) is 0. The first-order valence-electron chi connectivity index (χ1n) is 7.10. The Hall–Kier alpha value is -0.670. The lowest BCUT2D eigenvalue weighted by Gasteiger charge is -2.25.